The standard InChI is InChI=1S/C42H74O6/c1-38(2)32-28-24-20-16-12-8-7-11-15-19-23-27-31-35-42(46)48-37-40(44)36-47-41(45)34-30-26-22-18-14-10-6-4-5-9-13-17-21-25-29-33-39(3)43/h5-6,9-10,17-18,21-22,38-40,43-44H,4,7-8,11-16,19-20,23-37H2,1-3H3/b9-5-,10-6-,21-17-,22-18-/t39-,40+/m1/s1. The molecule has 2 atom stereocenters. The van der Waals surface area contributed by atoms with Crippen molar-refractivity contribution in [3.05, 3.63) is 48.6 Å². The number of ether oxygens (including phenoxy) is 2. The van der Waals surface area contributed by atoms with Crippen molar-refractivity contribution in [2.45, 2.75) is 187 Å². The third kappa shape index (κ3) is 38.3. The molecule has 278 valence electrons. The Balaban J connectivity index is 3.54. The number of esters is 2. The van der Waals surface area contributed by atoms with E-state index in [-0.39, 0.29) is 31.3 Å². The summed E-state index contributed by atoms with van der Waals surface area (Å²) in [4.78, 5) is 23.9. The Kier molecular flexibility index (Phi) is 34.5. The van der Waals surface area contributed by atoms with Crippen molar-refractivity contribution in [3.63, 3.8) is 0 Å². The van der Waals surface area contributed by atoms with E-state index in [1.807, 2.05) is 6.92 Å². The number of carbonyl (C=O) groups is 2. The maximum Gasteiger partial charge on any atom is 0.305 e. The molecule has 0 radical (unpaired) electrons. The first-order valence-corrected chi connectivity index (χ1v) is 19.6. The van der Waals surface area contributed by atoms with Gasteiger partial charge >= 0.3 is 11.9 Å². The van der Waals surface area contributed by atoms with Crippen LogP contribution in [0.1, 0.15) is 175 Å². The van der Waals surface area contributed by atoms with Crippen LogP contribution in [-0.2, 0) is 19.1 Å². The van der Waals surface area contributed by atoms with Crippen molar-refractivity contribution < 1.29 is 29.3 Å². The van der Waals surface area contributed by atoms with Crippen LogP contribution in [-0.4, -0.2) is 47.6 Å². The lowest BCUT2D eigenvalue weighted by Gasteiger charge is -2.12. The highest BCUT2D eigenvalue weighted by atomic mass is 16.6. The van der Waals surface area contributed by atoms with Crippen molar-refractivity contribution in [2.75, 3.05) is 13.2 Å². The molecule has 0 saturated heterocycles. The second-order valence-electron chi connectivity index (χ2n) is 13.8. The van der Waals surface area contributed by atoms with Gasteiger partial charge in [0.2, 0.25) is 0 Å². The summed E-state index contributed by atoms with van der Waals surface area (Å²) in [5, 5.41) is 19.2. The van der Waals surface area contributed by atoms with Crippen molar-refractivity contribution in [1.29, 1.82) is 0 Å². The lowest BCUT2D eigenvalue weighted by atomic mass is 10.0. The van der Waals surface area contributed by atoms with Crippen LogP contribution >= 0.6 is 0 Å². The van der Waals surface area contributed by atoms with Gasteiger partial charge in [0, 0.05) is 12.8 Å². The van der Waals surface area contributed by atoms with Gasteiger partial charge in [-0.15, -0.1) is 0 Å². The Morgan fingerprint density at radius 2 is 0.854 bits per heavy atom. The molecule has 0 aromatic rings. The molecule has 0 aliphatic carbocycles. The van der Waals surface area contributed by atoms with Crippen LogP contribution in [0.2, 0.25) is 0 Å². The van der Waals surface area contributed by atoms with Gasteiger partial charge in [-0.2, -0.15) is 0 Å². The fourth-order valence-electron chi connectivity index (χ4n) is 5.28. The minimum absolute atomic E-state index is 0.140. The monoisotopic (exact) mass is 675 g/mol. The molecule has 0 aromatic heterocycles. The quantitative estimate of drug-likeness (QED) is 0.0401. The summed E-state index contributed by atoms with van der Waals surface area (Å²) in [5.74, 6) is 0.197. The molecule has 6 heteroatoms. The Morgan fingerprint density at radius 1 is 0.479 bits per heavy atom. The molecule has 0 aliphatic rings. The maximum atomic E-state index is 12.0. The molecule has 0 bridgehead atoms. The molecule has 0 unspecified atom stereocenters. The molecule has 0 spiro atoms. The van der Waals surface area contributed by atoms with Crippen LogP contribution in [0.25, 0.3) is 0 Å². The average Bonchev–Trinajstić information content (AvgIpc) is 3.05. The van der Waals surface area contributed by atoms with Crippen molar-refractivity contribution in [1.82, 2.24) is 0 Å². The van der Waals surface area contributed by atoms with Crippen molar-refractivity contribution >= 4 is 11.9 Å². The van der Waals surface area contributed by atoms with E-state index in [2.05, 4.69) is 62.5 Å². The van der Waals surface area contributed by atoms with Gasteiger partial charge in [0.25, 0.3) is 0 Å². The molecule has 48 heavy (non-hydrogen) atoms. The first-order valence-electron chi connectivity index (χ1n) is 19.6. The topological polar surface area (TPSA) is 93.1 Å². The number of carbonyl (C=O) groups excluding carboxylic acids is 2. The molecule has 0 rings (SSSR count). The number of aliphatic hydroxyl groups is 2. The number of rotatable bonds is 34. The number of hydrogen-bond acceptors (Lipinski definition) is 6. The van der Waals surface area contributed by atoms with Crippen LogP contribution in [0.4, 0.5) is 0 Å². The molecular formula is C42H74O6. The summed E-state index contributed by atoms with van der Waals surface area (Å²) in [6.07, 6.45) is 41.6. The van der Waals surface area contributed by atoms with E-state index < -0.39 is 6.10 Å². The summed E-state index contributed by atoms with van der Waals surface area (Å²) in [6, 6.07) is 0. The fraction of sp³-hybridized carbons (Fsp3) is 0.762. The van der Waals surface area contributed by atoms with Crippen LogP contribution in [0, 0.1) is 5.92 Å². The van der Waals surface area contributed by atoms with Gasteiger partial charge in [-0.25, -0.2) is 0 Å². The Bertz CT molecular complexity index is 841. The minimum Gasteiger partial charge on any atom is -0.463 e. The number of aliphatic hydroxyl groups excluding tert-OH is 2. The average molecular weight is 675 g/mol. The Hall–Kier alpha value is -2.18. The molecule has 0 heterocycles. The van der Waals surface area contributed by atoms with Gasteiger partial charge < -0.3 is 19.7 Å². The second kappa shape index (κ2) is 36.1. The lowest BCUT2D eigenvalue weighted by molar-refractivity contribution is -0.152. The minimum atomic E-state index is -0.993. The van der Waals surface area contributed by atoms with Gasteiger partial charge in [0.1, 0.15) is 19.3 Å². The van der Waals surface area contributed by atoms with Crippen LogP contribution in [0.15, 0.2) is 48.6 Å². The van der Waals surface area contributed by atoms with Crippen LogP contribution in [0.5, 0.6) is 0 Å². The molecule has 0 amide bonds. The van der Waals surface area contributed by atoms with E-state index in [9.17, 15) is 19.8 Å². The lowest BCUT2D eigenvalue weighted by Crippen LogP contribution is -2.25. The van der Waals surface area contributed by atoms with Gasteiger partial charge in [0.05, 0.1) is 6.10 Å². The zero-order chi connectivity index (χ0) is 35.3. The SMILES string of the molecule is CC(C)CCCCCCCCCCCCCCCC(=O)OC[C@@H](O)COC(=O)CCC/C=C\C/C=C\C/C=C\C/C=C\CCC[C@@H](C)O. The number of unbranched alkanes of at least 4 members (excludes halogenated alkanes) is 14. The summed E-state index contributed by atoms with van der Waals surface area (Å²) in [7, 11) is 0. The van der Waals surface area contributed by atoms with Gasteiger partial charge in [0.15, 0.2) is 0 Å². The molecule has 0 aromatic carbocycles. The molecular weight excluding hydrogens is 600 g/mol. The van der Waals surface area contributed by atoms with E-state index in [0.717, 1.165) is 70.1 Å². The molecule has 0 saturated carbocycles. The Morgan fingerprint density at radius 3 is 1.29 bits per heavy atom. The zero-order valence-electron chi connectivity index (χ0n) is 31.3. The molecule has 2 N–H and O–H groups in total. The van der Waals surface area contributed by atoms with Gasteiger partial charge in [-0.1, -0.05) is 146 Å². The third-order valence-corrected chi connectivity index (χ3v) is 8.26. The highest BCUT2D eigenvalue weighted by Gasteiger charge is 2.12. The van der Waals surface area contributed by atoms with Crippen molar-refractivity contribution in [3.8, 4) is 0 Å². The second-order valence-corrected chi connectivity index (χ2v) is 13.8. The third-order valence-electron chi connectivity index (χ3n) is 8.26. The molecule has 6 nitrogen and oxygen atoms in total. The van der Waals surface area contributed by atoms with E-state index in [1.54, 1.807) is 0 Å². The summed E-state index contributed by atoms with van der Waals surface area (Å²) < 4.78 is 10.3. The smallest absolute Gasteiger partial charge is 0.305 e. The van der Waals surface area contributed by atoms with Gasteiger partial charge in [-0.05, 0) is 70.6 Å². The van der Waals surface area contributed by atoms with E-state index >= 15 is 0 Å². The summed E-state index contributed by atoms with van der Waals surface area (Å²) in [6.45, 7) is 6.15. The molecule has 0 fully saturated rings. The maximum absolute atomic E-state index is 12.0. The van der Waals surface area contributed by atoms with Gasteiger partial charge in [-0.3, -0.25) is 9.59 Å². The number of hydrogen-bond donors (Lipinski definition) is 2. The van der Waals surface area contributed by atoms with Crippen LogP contribution < -0.4 is 0 Å². The molecule has 0 aliphatic heterocycles. The van der Waals surface area contributed by atoms with Crippen molar-refractivity contribution in [2.24, 2.45) is 5.92 Å². The largest absolute Gasteiger partial charge is 0.463 e. The van der Waals surface area contributed by atoms with E-state index in [4.69, 9.17) is 9.47 Å². The van der Waals surface area contributed by atoms with E-state index in [1.165, 1.54) is 70.6 Å². The van der Waals surface area contributed by atoms with Crippen LogP contribution in [0.3, 0.4) is 0 Å². The Labute approximate surface area is 295 Å². The predicted octanol–water partition coefficient (Wildman–Crippen LogP) is 11.1. The fourth-order valence-corrected chi connectivity index (χ4v) is 5.28. The highest BCUT2D eigenvalue weighted by molar-refractivity contribution is 5.69. The number of allylic oxidation sites excluding steroid dienone is 8. The normalized spacial score (nSPS) is 13.5. The van der Waals surface area contributed by atoms with E-state index in [0.29, 0.717) is 19.3 Å². The predicted molar refractivity (Wildman–Crippen MR) is 202 cm³/mol. The first-order chi connectivity index (χ1) is 23.3. The first kappa shape index (κ1) is 45.8. The summed E-state index contributed by atoms with van der Waals surface area (Å²) in [5.41, 5.74) is 0. The zero-order valence-corrected chi connectivity index (χ0v) is 31.3. The highest BCUT2D eigenvalue weighted by Crippen LogP contribution is 2.15. The summed E-state index contributed by atoms with van der Waals surface area (Å²) >= 11 is 0.